The number of imidazole rings is 1. The Morgan fingerprint density at radius 2 is 2.32 bits per heavy atom. The second-order valence-corrected chi connectivity index (χ2v) is 5.53. The zero-order valence-electron chi connectivity index (χ0n) is 12.2. The lowest BCUT2D eigenvalue weighted by Crippen LogP contribution is -2.29. The average Bonchev–Trinajstić information content (AvgIpc) is 3.07. The number of hydrogen-bond acceptors (Lipinski definition) is 7. The molecule has 1 aliphatic heterocycles. The third-order valence-corrected chi connectivity index (χ3v) is 4.22. The average molecular weight is 325 g/mol. The minimum absolute atomic E-state index is 0.0355. The van der Waals surface area contributed by atoms with Crippen LogP contribution in [0.5, 0.6) is 0 Å². The molecule has 1 saturated heterocycles. The van der Waals surface area contributed by atoms with Crippen LogP contribution >= 0.6 is 11.8 Å². The van der Waals surface area contributed by atoms with Gasteiger partial charge < -0.3 is 15.0 Å². The number of nitrogens with one attached hydrogen (secondary N) is 2. The summed E-state index contributed by atoms with van der Waals surface area (Å²) in [7, 11) is 4.31. The molecule has 22 heavy (non-hydrogen) atoms. The van der Waals surface area contributed by atoms with Crippen LogP contribution in [0.2, 0.25) is 0 Å². The molecule has 9 nitrogen and oxygen atoms in total. The zero-order valence-corrected chi connectivity index (χ0v) is 13.1. The van der Waals surface area contributed by atoms with Crippen LogP contribution in [0.4, 0.5) is 5.82 Å². The van der Waals surface area contributed by atoms with Gasteiger partial charge in [-0.25, -0.2) is 9.98 Å². The first kappa shape index (κ1) is 16.0. The van der Waals surface area contributed by atoms with E-state index in [9.17, 15) is 14.4 Å². The number of aromatic nitrogens is 2. The van der Waals surface area contributed by atoms with Crippen LogP contribution in [0.15, 0.2) is 11.3 Å². The third-order valence-electron chi connectivity index (χ3n) is 3.00. The number of amidine groups is 1. The van der Waals surface area contributed by atoms with E-state index in [1.165, 1.54) is 25.4 Å². The van der Waals surface area contributed by atoms with Crippen LogP contribution in [-0.2, 0) is 14.3 Å². The van der Waals surface area contributed by atoms with E-state index in [4.69, 9.17) is 0 Å². The number of amides is 2. The van der Waals surface area contributed by atoms with Crippen molar-refractivity contribution in [3.05, 3.63) is 12.0 Å². The van der Waals surface area contributed by atoms with Gasteiger partial charge in [-0.3, -0.25) is 19.3 Å². The summed E-state index contributed by atoms with van der Waals surface area (Å²) in [5, 5.41) is 2.25. The quantitative estimate of drug-likeness (QED) is 0.746. The van der Waals surface area contributed by atoms with Gasteiger partial charge in [-0.15, -0.1) is 0 Å². The van der Waals surface area contributed by atoms with Crippen LogP contribution in [-0.4, -0.2) is 64.3 Å². The molecule has 118 valence electrons. The van der Waals surface area contributed by atoms with E-state index < -0.39 is 11.2 Å². The summed E-state index contributed by atoms with van der Waals surface area (Å²) < 4.78 is 4.57. The largest absolute Gasteiger partial charge is 0.469 e. The van der Waals surface area contributed by atoms with E-state index in [1.807, 2.05) is 0 Å². The Balaban J connectivity index is 2.22. The predicted octanol–water partition coefficient (Wildman–Crippen LogP) is -0.106. The highest BCUT2D eigenvalue weighted by Crippen LogP contribution is 2.30. The van der Waals surface area contributed by atoms with Gasteiger partial charge in [0.2, 0.25) is 5.91 Å². The molecule has 2 heterocycles. The van der Waals surface area contributed by atoms with Crippen molar-refractivity contribution in [1.82, 2.24) is 20.2 Å². The van der Waals surface area contributed by atoms with E-state index in [2.05, 4.69) is 25.0 Å². The number of ether oxygens (including phenoxy) is 1. The van der Waals surface area contributed by atoms with Crippen molar-refractivity contribution in [2.24, 2.45) is 4.99 Å². The van der Waals surface area contributed by atoms with Gasteiger partial charge in [0.25, 0.3) is 5.91 Å². The summed E-state index contributed by atoms with van der Waals surface area (Å²) in [4.78, 5) is 47.3. The van der Waals surface area contributed by atoms with Crippen molar-refractivity contribution >= 4 is 40.5 Å². The van der Waals surface area contributed by atoms with Crippen LogP contribution in [0.25, 0.3) is 0 Å². The molecule has 0 aliphatic carbocycles. The fraction of sp³-hybridized carbons (Fsp3) is 0.417. The summed E-state index contributed by atoms with van der Waals surface area (Å²) in [6, 6.07) is 0. The van der Waals surface area contributed by atoms with Crippen molar-refractivity contribution in [2.45, 2.75) is 11.7 Å². The number of aromatic amines is 1. The van der Waals surface area contributed by atoms with Gasteiger partial charge in [-0.2, -0.15) is 0 Å². The third kappa shape index (κ3) is 3.11. The number of methoxy groups -OCH3 is 1. The van der Waals surface area contributed by atoms with Gasteiger partial charge in [0.05, 0.1) is 19.9 Å². The van der Waals surface area contributed by atoms with Gasteiger partial charge >= 0.3 is 5.97 Å². The topological polar surface area (TPSA) is 117 Å². The van der Waals surface area contributed by atoms with Crippen molar-refractivity contribution in [3.8, 4) is 0 Å². The Bertz CT molecular complexity index is 641. The number of H-pyrrole nitrogens is 1. The van der Waals surface area contributed by atoms with Gasteiger partial charge in [0, 0.05) is 14.1 Å². The van der Waals surface area contributed by atoms with E-state index in [0.29, 0.717) is 5.17 Å². The maximum atomic E-state index is 12.1. The lowest BCUT2D eigenvalue weighted by Gasteiger charge is -2.08. The molecule has 1 aromatic rings. The maximum Gasteiger partial charge on any atom is 0.307 e. The lowest BCUT2D eigenvalue weighted by atomic mass is 10.3. The van der Waals surface area contributed by atoms with Crippen LogP contribution in [0.3, 0.4) is 0 Å². The highest BCUT2D eigenvalue weighted by atomic mass is 32.2. The zero-order chi connectivity index (χ0) is 16.3. The predicted molar refractivity (Wildman–Crippen MR) is 79.9 cm³/mol. The van der Waals surface area contributed by atoms with Crippen molar-refractivity contribution in [3.63, 3.8) is 0 Å². The second kappa shape index (κ2) is 6.60. The summed E-state index contributed by atoms with van der Waals surface area (Å²) in [6.07, 6.45) is 1.31. The summed E-state index contributed by atoms with van der Waals surface area (Å²) >= 11 is 1.14. The molecule has 0 spiro atoms. The number of nitrogens with zero attached hydrogens (tertiary/aromatic N) is 3. The summed E-state index contributed by atoms with van der Waals surface area (Å²) in [5.41, 5.74) is 0.202. The molecule has 10 heteroatoms. The minimum atomic E-state index is -0.585. The standard InChI is InChI=1S/C12H15N5O4S/c1-13-10(19)8-9(15-5-14-8)16-12-17(2)11(20)6(22-12)4-7(18)21-3/h5-6H,4H2,1-3H3,(H,13,19)(H,14,15)/t6-/m0/s1. The fourth-order valence-electron chi connectivity index (χ4n) is 1.79. The Hall–Kier alpha value is -2.36. The summed E-state index contributed by atoms with van der Waals surface area (Å²) in [6.45, 7) is 0. The molecule has 2 amide bonds. The molecule has 0 unspecified atom stereocenters. The molecule has 0 radical (unpaired) electrons. The first-order valence-electron chi connectivity index (χ1n) is 6.33. The van der Waals surface area contributed by atoms with Crippen LogP contribution in [0, 0.1) is 0 Å². The first-order valence-corrected chi connectivity index (χ1v) is 7.21. The molecular weight excluding hydrogens is 310 g/mol. The molecule has 0 bridgehead atoms. The molecular formula is C12H15N5O4S. The molecule has 0 saturated carbocycles. The number of esters is 1. The lowest BCUT2D eigenvalue weighted by molar-refractivity contribution is -0.142. The van der Waals surface area contributed by atoms with Gasteiger partial charge in [0.15, 0.2) is 16.7 Å². The molecule has 0 aromatic carbocycles. The number of rotatable bonds is 4. The number of carbonyl (C=O) groups excluding carboxylic acids is 3. The minimum Gasteiger partial charge on any atom is -0.469 e. The molecule has 1 aliphatic rings. The van der Waals surface area contributed by atoms with Crippen LogP contribution < -0.4 is 5.32 Å². The van der Waals surface area contributed by atoms with E-state index in [-0.39, 0.29) is 29.7 Å². The number of carbonyl (C=O) groups is 3. The van der Waals surface area contributed by atoms with Crippen molar-refractivity contribution in [2.75, 3.05) is 21.2 Å². The van der Waals surface area contributed by atoms with Crippen molar-refractivity contribution in [1.29, 1.82) is 0 Å². The van der Waals surface area contributed by atoms with Gasteiger partial charge in [0.1, 0.15) is 5.25 Å². The molecule has 1 aromatic heterocycles. The van der Waals surface area contributed by atoms with E-state index in [0.717, 1.165) is 11.8 Å². The highest BCUT2D eigenvalue weighted by Gasteiger charge is 2.37. The van der Waals surface area contributed by atoms with Gasteiger partial charge in [-0.05, 0) is 0 Å². The Morgan fingerprint density at radius 1 is 1.59 bits per heavy atom. The number of thioether (sulfide) groups is 1. The fourth-order valence-corrected chi connectivity index (χ4v) is 2.91. The number of hydrogen-bond donors (Lipinski definition) is 2. The second-order valence-electron chi connectivity index (χ2n) is 4.36. The van der Waals surface area contributed by atoms with Gasteiger partial charge in [-0.1, -0.05) is 11.8 Å². The SMILES string of the molecule is CNC(=O)c1[nH]cnc1N=C1S[C@@H](CC(=O)OC)C(=O)N1C. The highest BCUT2D eigenvalue weighted by molar-refractivity contribution is 8.15. The molecule has 1 fully saturated rings. The summed E-state index contributed by atoms with van der Waals surface area (Å²) in [5.74, 6) is -0.891. The monoisotopic (exact) mass is 325 g/mol. The molecule has 2 rings (SSSR count). The van der Waals surface area contributed by atoms with E-state index in [1.54, 1.807) is 7.05 Å². The Kier molecular flexibility index (Phi) is 4.81. The Morgan fingerprint density at radius 3 is 2.95 bits per heavy atom. The normalized spacial score (nSPS) is 19.6. The smallest absolute Gasteiger partial charge is 0.307 e. The van der Waals surface area contributed by atoms with Crippen LogP contribution in [0.1, 0.15) is 16.9 Å². The number of aliphatic imine (C=N–C) groups is 1. The van der Waals surface area contributed by atoms with E-state index >= 15 is 0 Å². The van der Waals surface area contributed by atoms with Crippen molar-refractivity contribution < 1.29 is 19.1 Å². The first-order chi connectivity index (χ1) is 10.5. The Labute approximate surface area is 130 Å². The molecule has 2 N–H and O–H groups in total. The molecule has 1 atom stereocenters. The maximum absolute atomic E-state index is 12.1.